The molecule has 0 radical (unpaired) electrons. The van der Waals surface area contributed by atoms with E-state index in [1.807, 2.05) is 24.3 Å². The van der Waals surface area contributed by atoms with Crippen molar-refractivity contribution in [3.8, 4) is 0 Å². The number of carbonyl (C=O) groups excluding carboxylic acids is 3. The van der Waals surface area contributed by atoms with Crippen molar-refractivity contribution < 1.29 is 27.5 Å². The molecule has 180 valence electrons. The zero-order valence-corrected chi connectivity index (χ0v) is 19.5. The maximum atomic E-state index is 13.0. The second-order valence-corrected chi connectivity index (χ2v) is 10.4. The molecule has 0 unspecified atom stereocenters. The normalized spacial score (nSPS) is 16.5. The highest BCUT2D eigenvalue weighted by Crippen LogP contribution is 2.25. The molecule has 9 nitrogen and oxygen atoms in total. The third-order valence-corrected chi connectivity index (χ3v) is 7.96. The maximum absolute atomic E-state index is 13.0. The fourth-order valence-electron chi connectivity index (χ4n) is 4.26. The molecular formula is C24H27N3O6S. The quantitative estimate of drug-likeness (QED) is 0.606. The molecule has 2 N–H and O–H groups in total. The van der Waals surface area contributed by atoms with Crippen molar-refractivity contribution in [3.63, 3.8) is 0 Å². The largest absolute Gasteiger partial charge is 0.452 e. The van der Waals surface area contributed by atoms with E-state index in [2.05, 4.69) is 10.6 Å². The lowest BCUT2D eigenvalue weighted by Crippen LogP contribution is -2.44. The van der Waals surface area contributed by atoms with E-state index in [9.17, 15) is 22.8 Å². The zero-order chi connectivity index (χ0) is 24.1. The van der Waals surface area contributed by atoms with Crippen LogP contribution in [0, 0.1) is 0 Å². The van der Waals surface area contributed by atoms with Gasteiger partial charge in [-0.05, 0) is 54.7 Å². The Morgan fingerprint density at radius 2 is 1.65 bits per heavy atom. The van der Waals surface area contributed by atoms with Gasteiger partial charge in [-0.2, -0.15) is 4.31 Å². The van der Waals surface area contributed by atoms with Gasteiger partial charge in [0, 0.05) is 19.1 Å². The zero-order valence-electron chi connectivity index (χ0n) is 18.7. The van der Waals surface area contributed by atoms with E-state index in [4.69, 9.17) is 4.74 Å². The van der Waals surface area contributed by atoms with Gasteiger partial charge in [-0.1, -0.05) is 37.1 Å². The fraction of sp³-hybridized carbons (Fsp3) is 0.375. The third kappa shape index (κ3) is 5.63. The van der Waals surface area contributed by atoms with Crippen LogP contribution in [0.1, 0.15) is 47.2 Å². The van der Waals surface area contributed by atoms with E-state index in [0.717, 1.165) is 36.8 Å². The van der Waals surface area contributed by atoms with Crippen LogP contribution >= 0.6 is 0 Å². The molecule has 0 spiro atoms. The van der Waals surface area contributed by atoms with Gasteiger partial charge < -0.3 is 10.1 Å². The first-order valence-corrected chi connectivity index (χ1v) is 12.7. The number of benzene rings is 2. The predicted octanol–water partition coefficient (Wildman–Crippen LogP) is 2.36. The van der Waals surface area contributed by atoms with Crippen LogP contribution in [0.15, 0.2) is 53.4 Å². The van der Waals surface area contributed by atoms with Gasteiger partial charge in [0.15, 0.2) is 6.61 Å². The third-order valence-electron chi connectivity index (χ3n) is 6.10. The SMILES string of the molecule is O=C(COC(=O)c1ccc(S(=O)(=O)N2CCc3ccccc3C2)cc1)NC(=O)NC1CCCC1. The van der Waals surface area contributed by atoms with Crippen molar-refractivity contribution in [2.24, 2.45) is 0 Å². The molecule has 1 aliphatic heterocycles. The van der Waals surface area contributed by atoms with Crippen LogP contribution < -0.4 is 10.6 Å². The first-order valence-electron chi connectivity index (χ1n) is 11.3. The summed E-state index contributed by atoms with van der Waals surface area (Å²) in [6.07, 6.45) is 4.49. The molecule has 34 heavy (non-hydrogen) atoms. The minimum atomic E-state index is -3.72. The molecule has 0 saturated heterocycles. The number of carbonyl (C=O) groups is 3. The summed E-state index contributed by atoms with van der Waals surface area (Å²) in [5.41, 5.74) is 2.23. The summed E-state index contributed by atoms with van der Waals surface area (Å²) in [5, 5.41) is 4.84. The maximum Gasteiger partial charge on any atom is 0.338 e. The lowest BCUT2D eigenvalue weighted by molar-refractivity contribution is -0.123. The predicted molar refractivity (Wildman–Crippen MR) is 123 cm³/mol. The van der Waals surface area contributed by atoms with Gasteiger partial charge in [-0.15, -0.1) is 0 Å². The molecule has 1 aliphatic carbocycles. The van der Waals surface area contributed by atoms with Gasteiger partial charge in [0.25, 0.3) is 5.91 Å². The van der Waals surface area contributed by atoms with Crippen molar-refractivity contribution in [3.05, 3.63) is 65.2 Å². The highest BCUT2D eigenvalue weighted by atomic mass is 32.2. The van der Waals surface area contributed by atoms with E-state index in [-0.39, 0.29) is 16.5 Å². The summed E-state index contributed by atoms with van der Waals surface area (Å²) in [4.78, 5) is 36.0. The van der Waals surface area contributed by atoms with Gasteiger partial charge in [-0.3, -0.25) is 10.1 Å². The van der Waals surface area contributed by atoms with Crippen LogP contribution in [0.2, 0.25) is 0 Å². The Bertz CT molecular complexity index is 1170. The Kier molecular flexibility index (Phi) is 7.28. The van der Waals surface area contributed by atoms with Crippen LogP contribution in [0.25, 0.3) is 0 Å². The smallest absolute Gasteiger partial charge is 0.338 e. The van der Waals surface area contributed by atoms with Gasteiger partial charge in [0.1, 0.15) is 0 Å². The summed E-state index contributed by atoms with van der Waals surface area (Å²) < 4.78 is 32.4. The van der Waals surface area contributed by atoms with Crippen molar-refractivity contribution in [2.75, 3.05) is 13.2 Å². The van der Waals surface area contributed by atoms with E-state index in [0.29, 0.717) is 19.5 Å². The summed E-state index contributed by atoms with van der Waals surface area (Å²) >= 11 is 0. The second kappa shape index (κ2) is 10.4. The van der Waals surface area contributed by atoms with Crippen LogP contribution in [-0.4, -0.2) is 49.8 Å². The van der Waals surface area contributed by atoms with E-state index < -0.39 is 34.5 Å². The van der Waals surface area contributed by atoms with Crippen molar-refractivity contribution in [1.82, 2.24) is 14.9 Å². The lowest BCUT2D eigenvalue weighted by atomic mass is 10.0. The second-order valence-electron chi connectivity index (χ2n) is 8.46. The molecule has 1 fully saturated rings. The number of hydrogen-bond acceptors (Lipinski definition) is 6. The van der Waals surface area contributed by atoms with Crippen molar-refractivity contribution >= 4 is 27.9 Å². The Labute approximate surface area is 198 Å². The number of rotatable bonds is 6. The Morgan fingerprint density at radius 3 is 2.35 bits per heavy atom. The molecule has 0 bridgehead atoms. The Hall–Kier alpha value is -3.24. The first-order chi connectivity index (χ1) is 16.3. The topological polar surface area (TPSA) is 122 Å². The van der Waals surface area contributed by atoms with E-state index >= 15 is 0 Å². The van der Waals surface area contributed by atoms with Gasteiger partial charge >= 0.3 is 12.0 Å². The number of fused-ring (bicyclic) bond motifs is 1. The number of nitrogens with zero attached hydrogens (tertiary/aromatic N) is 1. The van der Waals surface area contributed by atoms with Crippen LogP contribution in [-0.2, 0) is 32.5 Å². The summed E-state index contributed by atoms with van der Waals surface area (Å²) in [5.74, 6) is -1.53. The molecule has 2 aromatic rings. The minimum Gasteiger partial charge on any atom is -0.452 e. The van der Waals surface area contributed by atoms with E-state index in [1.54, 1.807) is 0 Å². The molecule has 1 saturated carbocycles. The molecule has 3 amide bonds. The molecule has 10 heteroatoms. The number of urea groups is 1. The summed E-state index contributed by atoms with van der Waals surface area (Å²) in [6.45, 7) is 0.0580. The van der Waals surface area contributed by atoms with Crippen molar-refractivity contribution in [2.45, 2.75) is 49.6 Å². The first kappa shape index (κ1) is 23.9. The molecule has 0 atom stereocenters. The van der Waals surface area contributed by atoms with Crippen LogP contribution in [0.5, 0.6) is 0 Å². The van der Waals surface area contributed by atoms with Crippen LogP contribution in [0.3, 0.4) is 0 Å². The summed E-state index contributed by atoms with van der Waals surface area (Å²) in [6, 6.07) is 12.6. The molecular weight excluding hydrogens is 458 g/mol. The monoisotopic (exact) mass is 485 g/mol. The lowest BCUT2D eigenvalue weighted by Gasteiger charge is -2.28. The Morgan fingerprint density at radius 1 is 0.971 bits per heavy atom. The molecule has 0 aromatic heterocycles. The van der Waals surface area contributed by atoms with Crippen molar-refractivity contribution in [1.29, 1.82) is 0 Å². The molecule has 2 aliphatic rings. The average molecular weight is 486 g/mol. The number of nitrogens with one attached hydrogen (secondary N) is 2. The number of esters is 1. The molecule has 1 heterocycles. The van der Waals surface area contributed by atoms with Gasteiger partial charge in [-0.25, -0.2) is 18.0 Å². The van der Waals surface area contributed by atoms with Crippen LogP contribution in [0.4, 0.5) is 4.79 Å². The molecule has 4 rings (SSSR count). The summed E-state index contributed by atoms with van der Waals surface area (Å²) in [7, 11) is -3.72. The number of hydrogen-bond donors (Lipinski definition) is 2. The number of ether oxygens (including phenoxy) is 1. The standard InChI is InChI=1S/C24H27N3O6S/c28-22(26-24(30)25-20-7-3-4-8-20)16-33-23(29)18-9-11-21(12-10-18)34(31,32)27-14-13-17-5-1-2-6-19(17)15-27/h1-2,5-6,9-12,20H,3-4,7-8,13-16H2,(H2,25,26,28,30). The number of sulfonamides is 1. The van der Waals surface area contributed by atoms with Gasteiger partial charge in [0.05, 0.1) is 10.5 Å². The highest BCUT2D eigenvalue weighted by Gasteiger charge is 2.28. The van der Waals surface area contributed by atoms with Gasteiger partial charge in [0.2, 0.25) is 10.0 Å². The number of imide groups is 1. The highest BCUT2D eigenvalue weighted by molar-refractivity contribution is 7.89. The van der Waals surface area contributed by atoms with E-state index in [1.165, 1.54) is 28.6 Å². The molecule has 2 aromatic carbocycles. The fourth-order valence-corrected chi connectivity index (χ4v) is 5.67. The number of amides is 3. The average Bonchev–Trinajstić information content (AvgIpc) is 3.35. The minimum absolute atomic E-state index is 0.0600. The Balaban J connectivity index is 1.30.